The zero-order valence-corrected chi connectivity index (χ0v) is 16.4. The quantitative estimate of drug-likeness (QED) is 0.862. The van der Waals surface area contributed by atoms with Crippen LogP contribution in [-0.2, 0) is 9.59 Å². The summed E-state index contributed by atoms with van der Waals surface area (Å²) in [6.07, 6.45) is 3.04. The second kappa shape index (κ2) is 7.66. The fourth-order valence-corrected chi connectivity index (χ4v) is 3.90. The molecule has 5 nitrogen and oxygen atoms in total. The van der Waals surface area contributed by atoms with Crippen molar-refractivity contribution in [2.45, 2.75) is 44.7 Å². The third-order valence-corrected chi connectivity index (χ3v) is 5.63. The monoisotopic (exact) mass is 378 g/mol. The molecule has 2 aromatic rings. The molecule has 0 unspecified atom stereocenters. The molecule has 0 radical (unpaired) electrons. The van der Waals surface area contributed by atoms with Crippen molar-refractivity contribution in [1.29, 1.82) is 0 Å². The van der Waals surface area contributed by atoms with E-state index in [9.17, 15) is 9.59 Å². The molecule has 1 heterocycles. The number of benzene rings is 2. The average Bonchev–Trinajstić information content (AvgIpc) is 3.52. The second-order valence-electron chi connectivity index (χ2n) is 7.75. The van der Waals surface area contributed by atoms with E-state index in [4.69, 9.17) is 4.74 Å². The number of methoxy groups -OCH3 is 1. The lowest BCUT2D eigenvalue weighted by Crippen LogP contribution is -2.48. The van der Waals surface area contributed by atoms with E-state index in [1.807, 2.05) is 60.4 Å². The highest BCUT2D eigenvalue weighted by molar-refractivity contribution is 5.97. The predicted octanol–water partition coefficient (Wildman–Crippen LogP) is 3.77. The normalized spacial score (nSPS) is 22.1. The van der Waals surface area contributed by atoms with E-state index in [0.29, 0.717) is 18.9 Å². The summed E-state index contributed by atoms with van der Waals surface area (Å²) < 4.78 is 5.28. The predicted molar refractivity (Wildman–Crippen MR) is 108 cm³/mol. The van der Waals surface area contributed by atoms with Crippen molar-refractivity contribution >= 4 is 17.5 Å². The fraction of sp³-hybridized carbons (Fsp3) is 0.391. The lowest BCUT2D eigenvalue weighted by Gasteiger charge is -2.41. The van der Waals surface area contributed by atoms with Gasteiger partial charge >= 0.3 is 0 Å². The Balaban J connectivity index is 1.74. The molecule has 2 aliphatic rings. The van der Waals surface area contributed by atoms with Gasteiger partial charge in [0.2, 0.25) is 11.8 Å². The second-order valence-corrected chi connectivity index (χ2v) is 7.75. The van der Waals surface area contributed by atoms with E-state index >= 15 is 0 Å². The Morgan fingerprint density at radius 1 is 1.04 bits per heavy atom. The zero-order chi connectivity index (χ0) is 19.7. The molecule has 2 fully saturated rings. The molecule has 0 spiro atoms. The number of piperidine rings is 1. The number of carbonyl (C=O) groups excluding carboxylic acids is 2. The molecule has 2 atom stereocenters. The van der Waals surface area contributed by atoms with E-state index in [0.717, 1.165) is 35.4 Å². The lowest BCUT2D eigenvalue weighted by atomic mass is 9.83. The van der Waals surface area contributed by atoms with E-state index in [1.54, 1.807) is 7.11 Å². The van der Waals surface area contributed by atoms with Gasteiger partial charge in [-0.1, -0.05) is 29.8 Å². The van der Waals surface area contributed by atoms with Crippen molar-refractivity contribution in [3.8, 4) is 5.75 Å². The summed E-state index contributed by atoms with van der Waals surface area (Å²) in [6, 6.07) is 15.6. The number of anilines is 1. The number of ether oxygens (including phenoxy) is 1. The van der Waals surface area contributed by atoms with Crippen LogP contribution in [0.25, 0.3) is 0 Å². The van der Waals surface area contributed by atoms with Crippen molar-refractivity contribution in [2.24, 2.45) is 5.92 Å². The first-order valence-electron chi connectivity index (χ1n) is 9.90. The molecule has 1 saturated heterocycles. The molecule has 1 aliphatic heterocycles. The van der Waals surface area contributed by atoms with Crippen LogP contribution in [-0.4, -0.2) is 25.0 Å². The van der Waals surface area contributed by atoms with Crippen molar-refractivity contribution in [1.82, 2.24) is 5.32 Å². The van der Waals surface area contributed by atoms with Crippen molar-refractivity contribution in [3.63, 3.8) is 0 Å². The molecular weight excluding hydrogens is 352 g/mol. The third-order valence-electron chi connectivity index (χ3n) is 5.63. The summed E-state index contributed by atoms with van der Waals surface area (Å²) in [4.78, 5) is 27.8. The van der Waals surface area contributed by atoms with Gasteiger partial charge in [-0.2, -0.15) is 0 Å². The summed E-state index contributed by atoms with van der Waals surface area (Å²) in [6.45, 7) is 2.02. The largest absolute Gasteiger partial charge is 0.497 e. The maximum atomic E-state index is 13.0. The van der Waals surface area contributed by atoms with Gasteiger partial charge in [-0.05, 0) is 56.0 Å². The Morgan fingerprint density at radius 2 is 1.71 bits per heavy atom. The highest BCUT2D eigenvalue weighted by Gasteiger charge is 2.42. The minimum Gasteiger partial charge on any atom is -0.497 e. The van der Waals surface area contributed by atoms with E-state index < -0.39 is 0 Å². The Labute approximate surface area is 165 Å². The van der Waals surface area contributed by atoms with Crippen LogP contribution < -0.4 is 15.0 Å². The summed E-state index contributed by atoms with van der Waals surface area (Å²) >= 11 is 0. The Bertz CT molecular complexity index is 856. The fourth-order valence-electron chi connectivity index (χ4n) is 3.90. The number of amides is 2. The summed E-state index contributed by atoms with van der Waals surface area (Å²) in [5, 5.41) is 3.14. The molecule has 2 aromatic carbocycles. The molecule has 1 N–H and O–H groups in total. The first-order valence-corrected chi connectivity index (χ1v) is 9.90. The molecule has 5 heteroatoms. The minimum absolute atomic E-state index is 0.0490. The Kier molecular flexibility index (Phi) is 5.07. The molecule has 4 rings (SSSR count). The molecule has 0 aromatic heterocycles. The number of aryl methyl sites for hydroxylation is 1. The summed E-state index contributed by atoms with van der Waals surface area (Å²) in [5.74, 6) is 0.591. The van der Waals surface area contributed by atoms with Gasteiger partial charge in [0.05, 0.1) is 19.1 Å². The Hall–Kier alpha value is -2.82. The summed E-state index contributed by atoms with van der Waals surface area (Å²) in [5.41, 5.74) is 2.92. The van der Waals surface area contributed by atoms with Gasteiger partial charge in [-0.15, -0.1) is 0 Å². The smallest absolute Gasteiger partial charge is 0.227 e. The highest BCUT2D eigenvalue weighted by Crippen LogP contribution is 2.41. The molecular formula is C23H26N2O3. The third kappa shape index (κ3) is 3.75. The van der Waals surface area contributed by atoms with Crippen LogP contribution >= 0.6 is 0 Å². The van der Waals surface area contributed by atoms with Crippen LogP contribution in [0.3, 0.4) is 0 Å². The van der Waals surface area contributed by atoms with E-state index in [1.165, 1.54) is 0 Å². The topological polar surface area (TPSA) is 58.6 Å². The molecule has 0 bridgehead atoms. The van der Waals surface area contributed by atoms with Crippen molar-refractivity contribution in [3.05, 3.63) is 59.7 Å². The maximum absolute atomic E-state index is 13.0. The van der Waals surface area contributed by atoms with Gasteiger partial charge in [0.15, 0.2) is 0 Å². The zero-order valence-electron chi connectivity index (χ0n) is 16.4. The van der Waals surface area contributed by atoms with Crippen LogP contribution in [0.5, 0.6) is 5.75 Å². The van der Waals surface area contributed by atoms with Crippen LogP contribution in [0, 0.1) is 12.8 Å². The standard InChI is InChI=1S/C23H26N2O3/c1-15-3-9-18(10-4-15)25-21(26)14-13-20(23(27)24-17-7-8-17)22(25)16-5-11-19(28-2)12-6-16/h3-6,9-12,17,20,22H,7-8,13-14H2,1-2H3,(H,24,27)/t20-,22+/m1/s1. The number of nitrogens with one attached hydrogen (secondary N) is 1. The van der Waals surface area contributed by atoms with Crippen LogP contribution in [0.2, 0.25) is 0 Å². The number of rotatable bonds is 5. The molecule has 1 saturated carbocycles. The first kappa shape index (κ1) is 18.5. The van der Waals surface area contributed by atoms with Crippen molar-refractivity contribution in [2.75, 3.05) is 12.0 Å². The first-order chi connectivity index (χ1) is 13.6. The number of nitrogens with zero attached hydrogens (tertiary/aromatic N) is 1. The maximum Gasteiger partial charge on any atom is 0.227 e. The van der Waals surface area contributed by atoms with E-state index in [2.05, 4.69) is 5.32 Å². The van der Waals surface area contributed by atoms with Crippen LogP contribution in [0.4, 0.5) is 5.69 Å². The van der Waals surface area contributed by atoms with Crippen molar-refractivity contribution < 1.29 is 14.3 Å². The minimum atomic E-state index is -0.325. The van der Waals surface area contributed by atoms with Gasteiger partial charge in [-0.25, -0.2) is 0 Å². The van der Waals surface area contributed by atoms with Gasteiger partial charge in [-0.3, -0.25) is 9.59 Å². The van der Waals surface area contributed by atoms with Crippen LogP contribution in [0.1, 0.15) is 42.9 Å². The number of carbonyl (C=O) groups is 2. The molecule has 28 heavy (non-hydrogen) atoms. The van der Waals surface area contributed by atoms with Crippen LogP contribution in [0.15, 0.2) is 48.5 Å². The van der Waals surface area contributed by atoms with Gasteiger partial charge in [0.25, 0.3) is 0 Å². The average molecular weight is 378 g/mol. The Morgan fingerprint density at radius 3 is 2.32 bits per heavy atom. The van der Waals surface area contributed by atoms with Gasteiger partial charge in [0.1, 0.15) is 5.75 Å². The molecule has 1 aliphatic carbocycles. The highest BCUT2D eigenvalue weighted by atomic mass is 16.5. The van der Waals surface area contributed by atoms with Gasteiger partial charge < -0.3 is 15.0 Å². The summed E-state index contributed by atoms with van der Waals surface area (Å²) in [7, 11) is 1.63. The van der Waals surface area contributed by atoms with E-state index in [-0.39, 0.29) is 23.8 Å². The number of hydrogen-bond donors (Lipinski definition) is 1. The SMILES string of the molecule is COc1ccc([C@H]2[C@H](C(=O)NC3CC3)CCC(=O)N2c2ccc(C)cc2)cc1. The lowest BCUT2D eigenvalue weighted by molar-refractivity contribution is -0.129. The van der Waals surface area contributed by atoms with Gasteiger partial charge in [0, 0.05) is 18.2 Å². The molecule has 146 valence electrons. The molecule has 2 amide bonds. The number of hydrogen-bond acceptors (Lipinski definition) is 3.